The lowest BCUT2D eigenvalue weighted by Crippen LogP contribution is -2.54. The maximum atomic E-state index is 12.3. The molecule has 24 heavy (non-hydrogen) atoms. The van der Waals surface area contributed by atoms with Crippen LogP contribution in [0.5, 0.6) is 0 Å². The molecule has 0 spiro atoms. The van der Waals surface area contributed by atoms with Crippen LogP contribution in [-0.4, -0.2) is 27.5 Å². The predicted octanol–water partition coefficient (Wildman–Crippen LogP) is 3.24. The Morgan fingerprint density at radius 1 is 1.29 bits per heavy atom. The summed E-state index contributed by atoms with van der Waals surface area (Å²) in [5, 5.41) is 14.3. The van der Waals surface area contributed by atoms with Crippen molar-refractivity contribution in [1.29, 1.82) is 0 Å². The average Bonchev–Trinajstić information content (AvgIpc) is 3.16. The molecule has 7 heteroatoms. The number of aromatic nitrogens is 1. The van der Waals surface area contributed by atoms with Crippen molar-refractivity contribution in [3.05, 3.63) is 29.5 Å². The topological polar surface area (TPSA) is 92.4 Å². The minimum Gasteiger partial charge on any atom is -0.480 e. The van der Waals surface area contributed by atoms with Crippen molar-refractivity contribution in [2.24, 2.45) is 0 Å². The number of nitrogens with one attached hydrogen (secondary N) is 1. The first-order chi connectivity index (χ1) is 11.6. The summed E-state index contributed by atoms with van der Waals surface area (Å²) in [7, 11) is 0. The minimum absolute atomic E-state index is 0.0178. The second-order valence-corrected chi connectivity index (χ2v) is 7.10. The Morgan fingerprint density at radius 2 is 2.04 bits per heavy atom. The number of carbonyl (C=O) groups excluding carboxylic acids is 1. The maximum absolute atomic E-state index is 12.3. The highest BCUT2D eigenvalue weighted by Crippen LogP contribution is 2.28. The first-order valence-corrected chi connectivity index (χ1v) is 9.00. The molecule has 2 heterocycles. The Hall–Kier alpha value is -2.15. The molecule has 2 aromatic rings. The Balaban J connectivity index is 1.67. The van der Waals surface area contributed by atoms with E-state index in [4.69, 9.17) is 4.42 Å². The van der Waals surface area contributed by atoms with Crippen LogP contribution >= 0.6 is 11.3 Å². The van der Waals surface area contributed by atoms with Gasteiger partial charge in [0.1, 0.15) is 11.8 Å². The van der Waals surface area contributed by atoms with E-state index in [1.807, 2.05) is 17.5 Å². The fraction of sp³-hybridized carbons (Fsp3) is 0.471. The largest absolute Gasteiger partial charge is 0.480 e. The van der Waals surface area contributed by atoms with Gasteiger partial charge in [0.25, 0.3) is 0 Å². The summed E-state index contributed by atoms with van der Waals surface area (Å²) in [6.45, 7) is 0. The van der Waals surface area contributed by atoms with Crippen molar-refractivity contribution in [3.63, 3.8) is 0 Å². The van der Waals surface area contributed by atoms with Crippen molar-refractivity contribution < 1.29 is 19.1 Å². The molecule has 1 aliphatic carbocycles. The molecule has 1 saturated carbocycles. The molecule has 0 saturated heterocycles. The fourth-order valence-electron chi connectivity index (χ4n) is 3.10. The lowest BCUT2D eigenvalue weighted by molar-refractivity contribution is -0.148. The van der Waals surface area contributed by atoms with E-state index in [1.54, 1.807) is 0 Å². The van der Waals surface area contributed by atoms with Gasteiger partial charge in [0.05, 0.1) is 17.0 Å². The van der Waals surface area contributed by atoms with Crippen molar-refractivity contribution in [1.82, 2.24) is 10.3 Å². The highest BCUT2D eigenvalue weighted by molar-refractivity contribution is 7.13. The number of carbonyl (C=O) groups is 2. The van der Waals surface area contributed by atoms with Crippen molar-refractivity contribution in [2.45, 2.75) is 50.5 Å². The number of nitrogens with zero attached hydrogens (tertiary/aromatic N) is 1. The molecule has 0 atom stereocenters. The number of hydrogen-bond donors (Lipinski definition) is 2. The number of amides is 1. The first-order valence-electron chi connectivity index (χ1n) is 8.12. The molecule has 3 rings (SSSR count). The van der Waals surface area contributed by atoms with Crippen LogP contribution in [0.25, 0.3) is 10.8 Å². The summed E-state index contributed by atoms with van der Waals surface area (Å²) < 4.78 is 5.40. The quantitative estimate of drug-likeness (QED) is 0.809. The van der Waals surface area contributed by atoms with E-state index in [9.17, 15) is 14.7 Å². The number of hydrogen-bond acceptors (Lipinski definition) is 5. The molecule has 1 aliphatic rings. The van der Waals surface area contributed by atoms with Crippen LogP contribution in [0.4, 0.5) is 0 Å². The normalized spacial score (nSPS) is 17.2. The van der Waals surface area contributed by atoms with Crippen LogP contribution in [0.3, 0.4) is 0 Å². The lowest BCUT2D eigenvalue weighted by atomic mass is 9.90. The van der Waals surface area contributed by atoms with Crippen LogP contribution in [0.2, 0.25) is 0 Å². The van der Waals surface area contributed by atoms with Gasteiger partial charge in [-0.25, -0.2) is 9.78 Å². The second kappa shape index (κ2) is 7.17. The van der Waals surface area contributed by atoms with Gasteiger partial charge in [-0.2, -0.15) is 0 Å². The van der Waals surface area contributed by atoms with Gasteiger partial charge in [-0.15, -0.1) is 11.3 Å². The number of carboxylic acid groups (broad SMARTS) is 1. The van der Waals surface area contributed by atoms with Gasteiger partial charge >= 0.3 is 5.97 Å². The van der Waals surface area contributed by atoms with Crippen molar-refractivity contribution in [2.75, 3.05) is 0 Å². The summed E-state index contributed by atoms with van der Waals surface area (Å²) >= 11 is 1.51. The zero-order chi connectivity index (χ0) is 17.0. The number of carboxylic acids is 1. The molecule has 0 radical (unpaired) electrons. The Labute approximate surface area is 143 Å². The number of aliphatic carboxylic acids is 1. The van der Waals surface area contributed by atoms with Crippen LogP contribution in [-0.2, 0) is 16.0 Å². The molecule has 128 valence electrons. The molecule has 0 bridgehead atoms. The fourth-order valence-corrected chi connectivity index (χ4v) is 3.76. The molecule has 2 aromatic heterocycles. The zero-order valence-electron chi connectivity index (χ0n) is 13.3. The number of rotatable bonds is 5. The first kappa shape index (κ1) is 16.7. The van der Waals surface area contributed by atoms with Gasteiger partial charge in [-0.05, 0) is 24.3 Å². The molecule has 6 nitrogen and oxygen atoms in total. The van der Waals surface area contributed by atoms with E-state index in [-0.39, 0.29) is 12.3 Å². The summed E-state index contributed by atoms with van der Waals surface area (Å²) in [6, 6.07) is 3.80. The highest BCUT2D eigenvalue weighted by atomic mass is 32.1. The Morgan fingerprint density at radius 3 is 2.67 bits per heavy atom. The molecule has 2 N–H and O–H groups in total. The maximum Gasteiger partial charge on any atom is 0.329 e. The van der Waals surface area contributed by atoms with E-state index in [0.29, 0.717) is 24.4 Å². The molecule has 1 fully saturated rings. The van der Waals surface area contributed by atoms with Gasteiger partial charge in [0.2, 0.25) is 11.8 Å². The molecular weight excluding hydrogens is 328 g/mol. The Kier molecular flexibility index (Phi) is 4.99. The van der Waals surface area contributed by atoms with E-state index >= 15 is 0 Å². The summed E-state index contributed by atoms with van der Waals surface area (Å²) in [4.78, 5) is 29.3. The third-order valence-corrected chi connectivity index (χ3v) is 5.23. The van der Waals surface area contributed by atoms with E-state index in [1.165, 1.54) is 17.6 Å². The molecular formula is C17H20N2O4S. The van der Waals surface area contributed by atoms with Crippen molar-refractivity contribution >= 4 is 23.2 Å². The summed E-state index contributed by atoms with van der Waals surface area (Å²) in [6.07, 6.45) is 6.09. The van der Waals surface area contributed by atoms with Gasteiger partial charge in [0, 0.05) is 0 Å². The standard InChI is InChI=1S/C17H20N2O4S/c20-14(19-17(16(21)22)7-3-1-2-4-8-17)10-12-11-23-15(18-12)13-6-5-9-24-13/h5-6,9,11H,1-4,7-8,10H2,(H,19,20)(H,21,22). The number of oxazole rings is 1. The summed E-state index contributed by atoms with van der Waals surface area (Å²) in [5.41, 5.74) is -0.640. The van der Waals surface area contributed by atoms with E-state index < -0.39 is 11.5 Å². The van der Waals surface area contributed by atoms with E-state index in [2.05, 4.69) is 10.3 Å². The van der Waals surface area contributed by atoms with Gasteiger partial charge in [-0.1, -0.05) is 31.7 Å². The van der Waals surface area contributed by atoms with Crippen LogP contribution < -0.4 is 5.32 Å². The Bertz CT molecular complexity index is 700. The summed E-state index contributed by atoms with van der Waals surface area (Å²) in [5.74, 6) is -0.794. The number of thiophene rings is 1. The minimum atomic E-state index is -1.14. The predicted molar refractivity (Wildman–Crippen MR) is 89.7 cm³/mol. The van der Waals surface area contributed by atoms with Crippen LogP contribution in [0.15, 0.2) is 28.2 Å². The molecule has 0 unspecified atom stereocenters. The molecule has 1 amide bonds. The third-order valence-electron chi connectivity index (χ3n) is 4.37. The van der Waals surface area contributed by atoms with Crippen LogP contribution in [0.1, 0.15) is 44.2 Å². The lowest BCUT2D eigenvalue weighted by Gasteiger charge is -2.29. The monoisotopic (exact) mass is 348 g/mol. The SMILES string of the molecule is O=C(Cc1coc(-c2cccs2)n1)NC1(C(=O)O)CCCCCC1. The van der Waals surface area contributed by atoms with Gasteiger partial charge < -0.3 is 14.8 Å². The average molecular weight is 348 g/mol. The zero-order valence-corrected chi connectivity index (χ0v) is 14.1. The van der Waals surface area contributed by atoms with Crippen molar-refractivity contribution in [3.8, 4) is 10.8 Å². The van der Waals surface area contributed by atoms with E-state index in [0.717, 1.165) is 30.6 Å². The highest BCUT2D eigenvalue weighted by Gasteiger charge is 2.40. The van der Waals surface area contributed by atoms with Gasteiger partial charge in [0.15, 0.2) is 0 Å². The third kappa shape index (κ3) is 3.67. The van der Waals surface area contributed by atoms with Crippen LogP contribution in [0, 0.1) is 0 Å². The molecule has 0 aliphatic heterocycles. The molecule has 0 aromatic carbocycles. The smallest absolute Gasteiger partial charge is 0.329 e. The second-order valence-electron chi connectivity index (χ2n) is 6.15. The van der Waals surface area contributed by atoms with Gasteiger partial charge in [-0.3, -0.25) is 4.79 Å².